The van der Waals surface area contributed by atoms with Gasteiger partial charge < -0.3 is 0 Å². The topological polar surface area (TPSA) is 0 Å². The van der Waals surface area contributed by atoms with Crippen LogP contribution in [0.15, 0.2) is 12.1 Å². The molecule has 0 saturated carbocycles. The fourth-order valence-corrected chi connectivity index (χ4v) is 5.70. The number of aryl methyl sites for hydroxylation is 1. The highest BCUT2D eigenvalue weighted by Crippen LogP contribution is 2.44. The molecule has 3 aromatic rings. The molecule has 0 N–H and O–H groups in total. The summed E-state index contributed by atoms with van der Waals surface area (Å²) >= 11 is 5.85. The van der Waals surface area contributed by atoms with E-state index < -0.39 is 0 Å². The molecule has 15 heavy (non-hydrogen) atoms. The summed E-state index contributed by atoms with van der Waals surface area (Å²) < 4.78 is 5.96. The summed E-state index contributed by atoms with van der Waals surface area (Å²) in [7, 11) is 0. The van der Waals surface area contributed by atoms with Gasteiger partial charge in [-0.25, -0.2) is 0 Å². The van der Waals surface area contributed by atoms with E-state index in [0.717, 1.165) is 0 Å². The summed E-state index contributed by atoms with van der Waals surface area (Å²) in [5.41, 5.74) is 0. The first kappa shape index (κ1) is 9.82. The molecule has 0 aliphatic carbocycles. The van der Waals surface area contributed by atoms with Crippen molar-refractivity contribution in [3.63, 3.8) is 0 Å². The predicted molar refractivity (Wildman–Crippen MR) is 73.9 cm³/mol. The van der Waals surface area contributed by atoms with Crippen molar-refractivity contribution in [3.8, 4) is 0 Å². The smallest absolute Gasteiger partial charge is 0.0632 e. The van der Waals surface area contributed by atoms with Crippen LogP contribution in [0.2, 0.25) is 0 Å². The first-order valence-corrected chi connectivity index (χ1v) is 7.52. The lowest BCUT2D eigenvalue weighted by molar-refractivity contribution is 0.891. The maximum atomic E-state index is 2.37. The molecule has 0 saturated heterocycles. The van der Waals surface area contributed by atoms with Crippen LogP contribution >= 0.6 is 34.0 Å². The first-order chi connectivity index (χ1) is 7.15. The van der Waals surface area contributed by atoms with Crippen LogP contribution < -0.4 is 0 Å². The van der Waals surface area contributed by atoms with Crippen molar-refractivity contribution in [1.82, 2.24) is 0 Å². The zero-order valence-corrected chi connectivity index (χ0v) is 11.4. The fourth-order valence-electron chi connectivity index (χ4n) is 1.75. The molecule has 0 bridgehead atoms. The molecule has 0 aliphatic rings. The molecule has 0 amide bonds. The van der Waals surface area contributed by atoms with E-state index in [1.54, 1.807) is 0 Å². The Morgan fingerprint density at radius 1 is 0.933 bits per heavy atom. The zero-order valence-electron chi connectivity index (χ0n) is 8.96. The van der Waals surface area contributed by atoms with Crippen molar-refractivity contribution < 1.29 is 0 Å². The van der Waals surface area contributed by atoms with Gasteiger partial charge in [-0.15, -0.1) is 34.0 Å². The van der Waals surface area contributed by atoms with Gasteiger partial charge in [0.1, 0.15) is 0 Å². The Morgan fingerprint density at radius 2 is 1.60 bits per heavy atom. The van der Waals surface area contributed by atoms with Gasteiger partial charge in [0.2, 0.25) is 0 Å². The van der Waals surface area contributed by atoms with Gasteiger partial charge in [-0.05, 0) is 25.0 Å². The Bertz CT molecular complexity index is 622. The summed E-state index contributed by atoms with van der Waals surface area (Å²) in [4.78, 5) is 2.95. The minimum atomic E-state index is 0.658. The highest BCUT2D eigenvalue weighted by atomic mass is 32.1. The van der Waals surface area contributed by atoms with Gasteiger partial charge in [-0.2, -0.15) is 0 Å². The number of thiophene rings is 3. The molecule has 0 aromatic carbocycles. The molecule has 0 radical (unpaired) electrons. The molecule has 0 unspecified atom stereocenters. The van der Waals surface area contributed by atoms with Crippen LogP contribution in [0.3, 0.4) is 0 Å². The number of hydrogen-bond donors (Lipinski definition) is 0. The lowest BCUT2D eigenvalue weighted by Crippen LogP contribution is -1.77. The SMILES string of the molecule is Cc1cc2sc3cc(C(C)C)sc3c2s1. The number of hydrogen-bond acceptors (Lipinski definition) is 3. The quantitative estimate of drug-likeness (QED) is 0.528. The minimum absolute atomic E-state index is 0.658. The van der Waals surface area contributed by atoms with E-state index in [1.165, 1.54) is 28.6 Å². The third-order valence-corrected chi connectivity index (χ3v) is 6.53. The molecule has 3 heteroatoms. The van der Waals surface area contributed by atoms with Crippen LogP contribution in [0.1, 0.15) is 29.5 Å². The summed E-state index contributed by atoms with van der Waals surface area (Å²) in [5.74, 6) is 0.658. The van der Waals surface area contributed by atoms with E-state index in [0.29, 0.717) is 5.92 Å². The van der Waals surface area contributed by atoms with Gasteiger partial charge in [0.15, 0.2) is 0 Å². The Kier molecular flexibility index (Phi) is 2.16. The standard InChI is InChI=1S/C12H12S3/c1-6(2)8-5-10-12(15-8)11-9(14-10)4-7(3)13-11/h4-6H,1-3H3. The van der Waals surface area contributed by atoms with Crippen LogP contribution in [0, 0.1) is 6.92 Å². The lowest BCUT2D eigenvalue weighted by Gasteiger charge is -1.96. The van der Waals surface area contributed by atoms with Crippen LogP contribution in [0.5, 0.6) is 0 Å². The second-order valence-corrected chi connectivity index (χ2v) is 7.57. The Balaban J connectivity index is 2.35. The molecule has 3 heterocycles. The fraction of sp³-hybridized carbons (Fsp3) is 0.333. The molecule has 0 atom stereocenters. The third-order valence-electron chi connectivity index (χ3n) is 2.53. The zero-order chi connectivity index (χ0) is 10.6. The Hall–Kier alpha value is -0.380. The van der Waals surface area contributed by atoms with E-state index in [4.69, 9.17) is 0 Å². The second-order valence-electron chi connectivity index (χ2n) is 4.15. The summed E-state index contributed by atoms with van der Waals surface area (Å²) in [6.45, 7) is 6.73. The molecular formula is C12H12S3. The molecule has 78 valence electrons. The second kappa shape index (κ2) is 3.30. The van der Waals surface area contributed by atoms with E-state index in [2.05, 4.69) is 32.9 Å². The highest BCUT2D eigenvalue weighted by molar-refractivity contribution is 7.38. The van der Waals surface area contributed by atoms with Gasteiger partial charge in [-0.1, -0.05) is 13.8 Å². The molecule has 0 fully saturated rings. The van der Waals surface area contributed by atoms with E-state index in [-0.39, 0.29) is 0 Å². The number of fused-ring (bicyclic) bond motifs is 3. The minimum Gasteiger partial charge on any atom is -0.138 e. The van der Waals surface area contributed by atoms with Crippen LogP contribution in [0.4, 0.5) is 0 Å². The average molecular weight is 252 g/mol. The summed E-state index contributed by atoms with van der Waals surface area (Å²) in [6.07, 6.45) is 0. The monoisotopic (exact) mass is 252 g/mol. The molecule has 3 aromatic heterocycles. The maximum Gasteiger partial charge on any atom is 0.0632 e. The molecule has 0 spiro atoms. The summed E-state index contributed by atoms with van der Waals surface area (Å²) in [6, 6.07) is 4.68. The molecule has 0 aliphatic heterocycles. The Labute approximate surface area is 101 Å². The Morgan fingerprint density at radius 3 is 2.33 bits per heavy atom. The van der Waals surface area contributed by atoms with Crippen molar-refractivity contribution in [2.24, 2.45) is 0 Å². The lowest BCUT2D eigenvalue weighted by atomic mass is 10.2. The van der Waals surface area contributed by atoms with Gasteiger partial charge in [0.05, 0.1) is 9.40 Å². The van der Waals surface area contributed by atoms with Crippen molar-refractivity contribution in [2.75, 3.05) is 0 Å². The van der Waals surface area contributed by atoms with Gasteiger partial charge in [0, 0.05) is 19.2 Å². The van der Waals surface area contributed by atoms with Crippen LogP contribution in [-0.2, 0) is 0 Å². The van der Waals surface area contributed by atoms with Gasteiger partial charge in [-0.3, -0.25) is 0 Å². The first-order valence-electron chi connectivity index (χ1n) is 5.07. The predicted octanol–water partition coefficient (Wildman–Crippen LogP) is 5.61. The van der Waals surface area contributed by atoms with Crippen molar-refractivity contribution in [1.29, 1.82) is 0 Å². The van der Waals surface area contributed by atoms with Crippen molar-refractivity contribution in [3.05, 3.63) is 21.9 Å². The van der Waals surface area contributed by atoms with Crippen molar-refractivity contribution in [2.45, 2.75) is 26.7 Å². The highest BCUT2D eigenvalue weighted by Gasteiger charge is 2.12. The number of rotatable bonds is 1. The molecular weight excluding hydrogens is 240 g/mol. The van der Waals surface area contributed by atoms with Gasteiger partial charge in [0.25, 0.3) is 0 Å². The van der Waals surface area contributed by atoms with E-state index in [9.17, 15) is 0 Å². The van der Waals surface area contributed by atoms with Crippen LogP contribution in [-0.4, -0.2) is 0 Å². The van der Waals surface area contributed by atoms with Crippen molar-refractivity contribution >= 4 is 52.8 Å². The van der Waals surface area contributed by atoms with Crippen LogP contribution in [0.25, 0.3) is 18.8 Å². The van der Waals surface area contributed by atoms with E-state index >= 15 is 0 Å². The average Bonchev–Trinajstić information content (AvgIpc) is 2.73. The molecule has 0 nitrogen and oxygen atoms in total. The molecule has 3 rings (SSSR count). The summed E-state index contributed by atoms with van der Waals surface area (Å²) in [5, 5.41) is 0. The largest absolute Gasteiger partial charge is 0.138 e. The van der Waals surface area contributed by atoms with E-state index in [1.807, 2.05) is 34.0 Å². The van der Waals surface area contributed by atoms with Gasteiger partial charge >= 0.3 is 0 Å². The third kappa shape index (κ3) is 1.45. The normalized spacial score (nSPS) is 12.3. The maximum absolute atomic E-state index is 2.37.